The van der Waals surface area contributed by atoms with Crippen LogP contribution >= 0.6 is 0 Å². The molecule has 0 saturated heterocycles. The standard InChI is InChI=1S/C18H20FN3O3/c1-11-4-7-17(25-3)16(8-11)22-18(24)10-20-13-5-6-14(19)15(9-13)21-12(2)23/h4-9,20H,10H2,1-3H3,(H,21,23)(H,22,24). The molecule has 2 aromatic carbocycles. The Balaban J connectivity index is 2.01. The number of halogens is 1. The van der Waals surface area contributed by atoms with Gasteiger partial charge in [-0.25, -0.2) is 4.39 Å². The van der Waals surface area contributed by atoms with Crippen molar-refractivity contribution in [3.63, 3.8) is 0 Å². The van der Waals surface area contributed by atoms with Crippen molar-refractivity contribution < 1.29 is 18.7 Å². The van der Waals surface area contributed by atoms with Crippen LogP contribution in [0.25, 0.3) is 0 Å². The third-order valence-electron chi connectivity index (χ3n) is 3.36. The number of hydrogen-bond donors (Lipinski definition) is 3. The second kappa shape index (κ2) is 8.14. The molecule has 0 aliphatic rings. The van der Waals surface area contributed by atoms with E-state index in [-0.39, 0.29) is 24.0 Å². The molecule has 0 heterocycles. The van der Waals surface area contributed by atoms with Gasteiger partial charge < -0.3 is 20.7 Å². The van der Waals surface area contributed by atoms with Crippen LogP contribution in [0.3, 0.4) is 0 Å². The molecule has 2 amide bonds. The number of ether oxygens (including phenoxy) is 1. The second-order valence-corrected chi connectivity index (χ2v) is 5.48. The van der Waals surface area contributed by atoms with Gasteiger partial charge >= 0.3 is 0 Å². The second-order valence-electron chi connectivity index (χ2n) is 5.48. The molecule has 0 saturated carbocycles. The Morgan fingerprint density at radius 1 is 1.08 bits per heavy atom. The van der Waals surface area contributed by atoms with Gasteiger partial charge in [0.2, 0.25) is 11.8 Å². The molecule has 3 N–H and O–H groups in total. The van der Waals surface area contributed by atoms with E-state index in [4.69, 9.17) is 4.74 Å². The summed E-state index contributed by atoms with van der Waals surface area (Å²) < 4.78 is 18.8. The van der Waals surface area contributed by atoms with Gasteiger partial charge in [-0.2, -0.15) is 0 Å². The number of anilines is 3. The van der Waals surface area contributed by atoms with Crippen molar-refractivity contribution in [1.29, 1.82) is 0 Å². The van der Waals surface area contributed by atoms with Gasteiger partial charge in [0.05, 0.1) is 25.0 Å². The molecule has 6 nitrogen and oxygen atoms in total. The number of carbonyl (C=O) groups is 2. The van der Waals surface area contributed by atoms with E-state index in [1.807, 2.05) is 19.1 Å². The summed E-state index contributed by atoms with van der Waals surface area (Å²) in [6.07, 6.45) is 0. The SMILES string of the molecule is COc1ccc(C)cc1NC(=O)CNc1ccc(F)c(NC(C)=O)c1. The van der Waals surface area contributed by atoms with Gasteiger partial charge in [0.15, 0.2) is 0 Å². The minimum absolute atomic E-state index is 0.0256. The first kappa shape index (κ1) is 18.3. The van der Waals surface area contributed by atoms with E-state index in [2.05, 4.69) is 16.0 Å². The van der Waals surface area contributed by atoms with Crippen LogP contribution in [0.15, 0.2) is 36.4 Å². The summed E-state index contributed by atoms with van der Waals surface area (Å²) >= 11 is 0. The maximum atomic E-state index is 13.6. The van der Waals surface area contributed by atoms with E-state index >= 15 is 0 Å². The number of aryl methyl sites for hydroxylation is 1. The Labute approximate surface area is 145 Å². The number of nitrogens with one attached hydrogen (secondary N) is 3. The normalized spacial score (nSPS) is 10.1. The molecule has 0 radical (unpaired) electrons. The Bertz CT molecular complexity index is 793. The lowest BCUT2D eigenvalue weighted by Gasteiger charge is -2.12. The molecule has 0 aliphatic heterocycles. The Hall–Kier alpha value is -3.09. The van der Waals surface area contributed by atoms with Crippen LogP contribution in [0.2, 0.25) is 0 Å². The topological polar surface area (TPSA) is 79.5 Å². The lowest BCUT2D eigenvalue weighted by molar-refractivity contribution is -0.115. The van der Waals surface area contributed by atoms with Crippen molar-refractivity contribution in [2.75, 3.05) is 29.6 Å². The van der Waals surface area contributed by atoms with Gasteiger partial charge in [0, 0.05) is 12.6 Å². The van der Waals surface area contributed by atoms with Gasteiger partial charge in [-0.3, -0.25) is 9.59 Å². The third-order valence-corrected chi connectivity index (χ3v) is 3.36. The average molecular weight is 345 g/mol. The molecule has 2 rings (SSSR count). The van der Waals surface area contributed by atoms with E-state index in [9.17, 15) is 14.0 Å². The summed E-state index contributed by atoms with van der Waals surface area (Å²) in [6, 6.07) is 9.60. The number of rotatable bonds is 6. The summed E-state index contributed by atoms with van der Waals surface area (Å²) in [7, 11) is 1.53. The van der Waals surface area contributed by atoms with Crippen LogP contribution in [0.1, 0.15) is 12.5 Å². The molecular weight excluding hydrogens is 325 g/mol. The predicted octanol–water partition coefficient (Wildman–Crippen LogP) is 3.15. The van der Waals surface area contributed by atoms with Crippen molar-refractivity contribution in [3.05, 3.63) is 47.8 Å². The minimum Gasteiger partial charge on any atom is -0.495 e. The largest absolute Gasteiger partial charge is 0.495 e. The molecule has 0 aliphatic carbocycles. The number of carbonyl (C=O) groups excluding carboxylic acids is 2. The highest BCUT2D eigenvalue weighted by molar-refractivity contribution is 5.95. The molecule has 0 bridgehead atoms. The highest BCUT2D eigenvalue weighted by atomic mass is 19.1. The van der Waals surface area contributed by atoms with E-state index in [0.29, 0.717) is 17.1 Å². The van der Waals surface area contributed by atoms with Crippen molar-refractivity contribution in [3.8, 4) is 5.75 Å². The van der Waals surface area contributed by atoms with Crippen LogP contribution in [0, 0.1) is 12.7 Å². The van der Waals surface area contributed by atoms with Gasteiger partial charge in [0.25, 0.3) is 0 Å². The Kier molecular flexibility index (Phi) is 5.94. The number of hydrogen-bond acceptors (Lipinski definition) is 4. The highest BCUT2D eigenvalue weighted by Gasteiger charge is 2.09. The van der Waals surface area contributed by atoms with Crippen LogP contribution in [-0.2, 0) is 9.59 Å². The maximum Gasteiger partial charge on any atom is 0.243 e. The zero-order chi connectivity index (χ0) is 18.4. The molecule has 0 fully saturated rings. The number of methoxy groups -OCH3 is 1. The first-order valence-corrected chi connectivity index (χ1v) is 7.64. The molecule has 25 heavy (non-hydrogen) atoms. The molecule has 0 unspecified atom stereocenters. The van der Waals surface area contributed by atoms with Gasteiger partial charge in [0.1, 0.15) is 11.6 Å². The lowest BCUT2D eigenvalue weighted by Crippen LogP contribution is -2.22. The maximum absolute atomic E-state index is 13.6. The molecular formula is C18H20FN3O3. The zero-order valence-corrected chi connectivity index (χ0v) is 14.3. The lowest BCUT2D eigenvalue weighted by atomic mass is 10.2. The Morgan fingerprint density at radius 3 is 2.52 bits per heavy atom. The summed E-state index contributed by atoms with van der Waals surface area (Å²) in [5.74, 6) is -0.641. The fourth-order valence-corrected chi connectivity index (χ4v) is 2.22. The zero-order valence-electron chi connectivity index (χ0n) is 14.3. The first-order valence-electron chi connectivity index (χ1n) is 7.64. The third kappa shape index (κ3) is 5.20. The van der Waals surface area contributed by atoms with Crippen molar-refractivity contribution in [2.24, 2.45) is 0 Å². The van der Waals surface area contributed by atoms with Crippen molar-refractivity contribution >= 4 is 28.9 Å². The van der Waals surface area contributed by atoms with Gasteiger partial charge in [-0.1, -0.05) is 6.07 Å². The Morgan fingerprint density at radius 2 is 1.84 bits per heavy atom. The molecule has 2 aromatic rings. The van der Waals surface area contributed by atoms with E-state index in [0.717, 1.165) is 5.56 Å². The summed E-state index contributed by atoms with van der Waals surface area (Å²) in [5.41, 5.74) is 2.13. The van der Waals surface area contributed by atoms with Gasteiger partial charge in [-0.15, -0.1) is 0 Å². The number of benzene rings is 2. The molecule has 0 atom stereocenters. The summed E-state index contributed by atoms with van der Waals surface area (Å²) in [4.78, 5) is 23.2. The van der Waals surface area contributed by atoms with Crippen LogP contribution in [-0.4, -0.2) is 25.5 Å². The quantitative estimate of drug-likeness (QED) is 0.751. The molecule has 132 valence electrons. The summed E-state index contributed by atoms with van der Waals surface area (Å²) in [5, 5.41) is 8.04. The highest BCUT2D eigenvalue weighted by Crippen LogP contribution is 2.25. The molecule has 7 heteroatoms. The smallest absolute Gasteiger partial charge is 0.243 e. The minimum atomic E-state index is -0.547. The molecule has 0 aromatic heterocycles. The average Bonchev–Trinajstić information content (AvgIpc) is 2.55. The fourth-order valence-electron chi connectivity index (χ4n) is 2.22. The van der Waals surface area contributed by atoms with Crippen molar-refractivity contribution in [1.82, 2.24) is 0 Å². The van der Waals surface area contributed by atoms with E-state index < -0.39 is 5.82 Å². The van der Waals surface area contributed by atoms with Crippen LogP contribution in [0.5, 0.6) is 5.75 Å². The van der Waals surface area contributed by atoms with Crippen LogP contribution in [0.4, 0.5) is 21.5 Å². The van der Waals surface area contributed by atoms with E-state index in [1.54, 1.807) is 6.07 Å². The van der Waals surface area contributed by atoms with Gasteiger partial charge in [-0.05, 0) is 42.8 Å². The monoisotopic (exact) mass is 345 g/mol. The molecule has 0 spiro atoms. The van der Waals surface area contributed by atoms with Crippen LogP contribution < -0.4 is 20.7 Å². The fraction of sp³-hybridized carbons (Fsp3) is 0.222. The van der Waals surface area contributed by atoms with E-state index in [1.165, 1.54) is 32.2 Å². The summed E-state index contributed by atoms with van der Waals surface area (Å²) in [6.45, 7) is 3.18. The number of amides is 2. The van der Waals surface area contributed by atoms with Crippen molar-refractivity contribution in [2.45, 2.75) is 13.8 Å². The first-order chi connectivity index (χ1) is 11.9. The predicted molar refractivity (Wildman–Crippen MR) is 95.6 cm³/mol.